The summed E-state index contributed by atoms with van der Waals surface area (Å²) >= 11 is 0. The van der Waals surface area contributed by atoms with Crippen LogP contribution in [0.5, 0.6) is 0 Å². The molecule has 0 atom stereocenters. The Morgan fingerprint density at radius 2 is 2.08 bits per heavy atom. The van der Waals surface area contributed by atoms with Crippen molar-refractivity contribution in [3.8, 4) is 0 Å². The van der Waals surface area contributed by atoms with Gasteiger partial charge in [0.2, 0.25) is 0 Å². The van der Waals surface area contributed by atoms with Gasteiger partial charge in [0.05, 0.1) is 5.71 Å². The number of allylic oxidation sites excluding steroid dienone is 2. The average molecular weight is 338 g/mol. The second-order valence-electron chi connectivity index (χ2n) is 7.20. The van der Waals surface area contributed by atoms with Gasteiger partial charge in [0.15, 0.2) is 0 Å². The van der Waals surface area contributed by atoms with Gasteiger partial charge in [0.1, 0.15) is 0 Å². The predicted molar refractivity (Wildman–Crippen MR) is 107 cm³/mol. The highest BCUT2D eigenvalue weighted by molar-refractivity contribution is 6.12. The van der Waals surface area contributed by atoms with Gasteiger partial charge in [0.25, 0.3) is 0 Å². The third kappa shape index (κ3) is 5.31. The molecule has 0 heterocycles. The molecule has 4 heteroatoms. The Labute approximate surface area is 151 Å². The standard InChI is InChI=1S/C21H30N4/c1-14(2)20-8-15(3)4-7-19(20)21(24)18(11-23)9-17(10-22)13-25-12-16-5-6-16/h4,7-8,10-11,13-14,16,22,24-25H,5-6,9,12,23H2,1-3H3/b17-13-,18-11-,22-10?,24-21?. The molecule has 4 nitrogen and oxygen atoms in total. The van der Waals surface area contributed by atoms with Crippen LogP contribution in [0, 0.1) is 23.7 Å². The summed E-state index contributed by atoms with van der Waals surface area (Å²) in [6.45, 7) is 7.32. The first-order valence-corrected chi connectivity index (χ1v) is 8.99. The molecule has 2 rings (SSSR count). The molecule has 0 saturated heterocycles. The summed E-state index contributed by atoms with van der Waals surface area (Å²) in [5, 5.41) is 19.6. The highest BCUT2D eigenvalue weighted by Gasteiger charge is 2.20. The van der Waals surface area contributed by atoms with Crippen LogP contribution in [0.25, 0.3) is 0 Å². The molecule has 0 amide bonds. The molecule has 0 spiro atoms. The fourth-order valence-electron chi connectivity index (χ4n) is 2.83. The average Bonchev–Trinajstić information content (AvgIpc) is 3.41. The van der Waals surface area contributed by atoms with Crippen molar-refractivity contribution >= 4 is 11.9 Å². The number of aryl methyl sites for hydroxylation is 1. The molecule has 25 heavy (non-hydrogen) atoms. The van der Waals surface area contributed by atoms with Crippen molar-refractivity contribution in [3.63, 3.8) is 0 Å². The minimum Gasteiger partial charge on any atom is -0.404 e. The Bertz CT molecular complexity index is 694. The summed E-state index contributed by atoms with van der Waals surface area (Å²) in [6, 6.07) is 6.19. The molecule has 0 radical (unpaired) electrons. The van der Waals surface area contributed by atoms with Gasteiger partial charge in [-0.1, -0.05) is 37.6 Å². The molecule has 1 saturated carbocycles. The summed E-state index contributed by atoms with van der Waals surface area (Å²) in [6.07, 6.45) is 7.82. The molecular formula is C21H30N4. The fourth-order valence-corrected chi connectivity index (χ4v) is 2.83. The molecular weight excluding hydrogens is 308 g/mol. The minimum absolute atomic E-state index is 0.340. The maximum absolute atomic E-state index is 8.64. The van der Waals surface area contributed by atoms with Gasteiger partial charge in [-0.3, -0.25) is 5.41 Å². The van der Waals surface area contributed by atoms with E-state index >= 15 is 0 Å². The van der Waals surface area contributed by atoms with Crippen LogP contribution in [-0.2, 0) is 0 Å². The quantitative estimate of drug-likeness (QED) is 0.507. The Hall–Kier alpha value is -2.36. The van der Waals surface area contributed by atoms with Gasteiger partial charge >= 0.3 is 0 Å². The first-order chi connectivity index (χ1) is 12.0. The van der Waals surface area contributed by atoms with Crippen LogP contribution < -0.4 is 11.1 Å². The lowest BCUT2D eigenvalue weighted by Gasteiger charge is -2.17. The minimum atomic E-state index is 0.340. The van der Waals surface area contributed by atoms with Crippen molar-refractivity contribution in [2.24, 2.45) is 11.7 Å². The van der Waals surface area contributed by atoms with Crippen LogP contribution in [-0.4, -0.2) is 18.5 Å². The Morgan fingerprint density at radius 3 is 2.64 bits per heavy atom. The number of hydrogen-bond donors (Lipinski definition) is 4. The maximum Gasteiger partial charge on any atom is 0.0664 e. The number of hydrogen-bond acceptors (Lipinski definition) is 4. The summed E-state index contributed by atoms with van der Waals surface area (Å²) in [5.41, 5.74) is 11.1. The molecule has 0 unspecified atom stereocenters. The van der Waals surface area contributed by atoms with E-state index in [-0.39, 0.29) is 0 Å². The van der Waals surface area contributed by atoms with Crippen LogP contribution in [0.2, 0.25) is 0 Å². The smallest absolute Gasteiger partial charge is 0.0664 e. The van der Waals surface area contributed by atoms with Crippen LogP contribution >= 0.6 is 0 Å². The van der Waals surface area contributed by atoms with Gasteiger partial charge in [-0.15, -0.1) is 0 Å². The maximum atomic E-state index is 8.64. The lowest BCUT2D eigenvalue weighted by molar-refractivity contribution is 0.744. The first-order valence-electron chi connectivity index (χ1n) is 8.99. The summed E-state index contributed by atoms with van der Waals surface area (Å²) in [7, 11) is 0. The van der Waals surface area contributed by atoms with E-state index in [9.17, 15) is 0 Å². The molecule has 0 bridgehead atoms. The molecule has 5 N–H and O–H groups in total. The largest absolute Gasteiger partial charge is 0.404 e. The topological polar surface area (TPSA) is 85.8 Å². The molecule has 1 aliphatic carbocycles. The zero-order chi connectivity index (χ0) is 18.4. The molecule has 1 aromatic carbocycles. The van der Waals surface area contributed by atoms with Gasteiger partial charge < -0.3 is 16.5 Å². The SMILES string of the molecule is Cc1ccc(C(=N)/C(=C\N)C/C(C=N)=C/NCC2CC2)c(C(C)C)c1. The van der Waals surface area contributed by atoms with Crippen LogP contribution in [0.1, 0.15) is 55.7 Å². The predicted octanol–water partition coefficient (Wildman–Crippen LogP) is 4.25. The van der Waals surface area contributed by atoms with Crippen molar-refractivity contribution in [1.82, 2.24) is 5.32 Å². The third-order valence-electron chi connectivity index (χ3n) is 4.59. The summed E-state index contributed by atoms with van der Waals surface area (Å²) in [5.74, 6) is 1.12. The number of nitrogens with two attached hydrogens (primary N) is 1. The zero-order valence-electron chi connectivity index (χ0n) is 15.5. The van der Waals surface area contributed by atoms with Gasteiger partial charge in [-0.25, -0.2) is 0 Å². The lowest BCUT2D eigenvalue weighted by Crippen LogP contribution is -2.13. The molecule has 0 aliphatic heterocycles. The monoisotopic (exact) mass is 338 g/mol. The lowest BCUT2D eigenvalue weighted by atomic mass is 9.89. The van der Waals surface area contributed by atoms with Crippen molar-refractivity contribution < 1.29 is 0 Å². The highest BCUT2D eigenvalue weighted by atomic mass is 14.8. The van der Waals surface area contributed by atoms with Crippen molar-refractivity contribution in [2.45, 2.75) is 46.0 Å². The van der Waals surface area contributed by atoms with Crippen molar-refractivity contribution in [1.29, 1.82) is 10.8 Å². The number of rotatable bonds is 9. The third-order valence-corrected chi connectivity index (χ3v) is 4.59. The second-order valence-corrected chi connectivity index (χ2v) is 7.20. The van der Waals surface area contributed by atoms with E-state index in [2.05, 4.69) is 32.2 Å². The van der Waals surface area contributed by atoms with Gasteiger partial charge in [0, 0.05) is 30.9 Å². The molecule has 1 aromatic rings. The van der Waals surface area contributed by atoms with Crippen molar-refractivity contribution in [3.05, 3.63) is 58.4 Å². The van der Waals surface area contributed by atoms with Crippen molar-refractivity contribution in [2.75, 3.05) is 6.54 Å². The van der Waals surface area contributed by atoms with E-state index in [4.69, 9.17) is 16.6 Å². The summed E-state index contributed by atoms with van der Waals surface area (Å²) in [4.78, 5) is 0. The van der Waals surface area contributed by atoms with Crippen LogP contribution in [0.4, 0.5) is 0 Å². The highest BCUT2D eigenvalue weighted by Crippen LogP contribution is 2.28. The van der Waals surface area contributed by atoms with E-state index in [0.717, 1.165) is 34.7 Å². The van der Waals surface area contributed by atoms with Crippen LogP contribution in [0.15, 0.2) is 41.7 Å². The van der Waals surface area contributed by atoms with Crippen LogP contribution in [0.3, 0.4) is 0 Å². The molecule has 0 aromatic heterocycles. The van der Waals surface area contributed by atoms with E-state index < -0.39 is 0 Å². The van der Waals surface area contributed by atoms with Gasteiger partial charge in [-0.05, 0) is 54.5 Å². The Morgan fingerprint density at radius 1 is 1.36 bits per heavy atom. The first kappa shape index (κ1) is 19.0. The van der Waals surface area contributed by atoms with E-state index in [0.29, 0.717) is 18.1 Å². The normalized spacial score (nSPS) is 15.4. The van der Waals surface area contributed by atoms with E-state index in [1.54, 1.807) is 0 Å². The Kier molecular flexibility index (Phi) is 6.57. The van der Waals surface area contributed by atoms with Gasteiger partial charge in [-0.2, -0.15) is 0 Å². The molecule has 1 aliphatic rings. The number of nitrogens with one attached hydrogen (secondary N) is 3. The zero-order valence-corrected chi connectivity index (χ0v) is 15.5. The Balaban J connectivity index is 2.16. The second kappa shape index (κ2) is 8.65. The van der Waals surface area contributed by atoms with E-state index in [1.165, 1.54) is 30.8 Å². The number of benzene rings is 1. The molecule has 134 valence electrons. The fraction of sp³-hybridized carbons (Fsp3) is 0.429. The molecule has 1 fully saturated rings. The van der Waals surface area contributed by atoms with E-state index in [1.807, 2.05) is 18.3 Å². The summed E-state index contributed by atoms with van der Waals surface area (Å²) < 4.78 is 0.